The molecular weight excluding hydrogens is 370 g/mol. The summed E-state index contributed by atoms with van der Waals surface area (Å²) in [5.74, 6) is 2.28. The van der Waals surface area contributed by atoms with Gasteiger partial charge in [0.1, 0.15) is 6.04 Å². The van der Waals surface area contributed by atoms with Crippen molar-refractivity contribution in [1.29, 1.82) is 5.26 Å². The monoisotopic (exact) mass is 407 g/mol. The fourth-order valence-corrected chi connectivity index (χ4v) is 5.75. The first-order valence-electron chi connectivity index (χ1n) is 11.0. The third-order valence-corrected chi connectivity index (χ3v) is 7.70. The lowest BCUT2D eigenvalue weighted by Crippen LogP contribution is -2.57. The first-order chi connectivity index (χ1) is 13.5. The number of rotatable bonds is 6. The molecule has 0 aromatic rings. The molecule has 0 bridgehead atoms. The summed E-state index contributed by atoms with van der Waals surface area (Å²) in [5, 5.41) is 11.6. The molecule has 0 spiro atoms. The molecule has 1 aliphatic carbocycles. The Morgan fingerprint density at radius 1 is 1.21 bits per heavy atom. The van der Waals surface area contributed by atoms with Crippen LogP contribution in [-0.4, -0.2) is 76.1 Å². The quantitative estimate of drug-likeness (QED) is 0.683. The second-order valence-electron chi connectivity index (χ2n) is 9.08. The summed E-state index contributed by atoms with van der Waals surface area (Å²) >= 11 is 1.68. The van der Waals surface area contributed by atoms with E-state index >= 15 is 0 Å². The Labute approximate surface area is 174 Å². The molecule has 1 saturated carbocycles. The van der Waals surface area contributed by atoms with Crippen LogP contribution in [0.25, 0.3) is 0 Å². The number of nitrogens with zero attached hydrogens (tertiary/aromatic N) is 4. The Hall–Kier alpha value is -0.810. The lowest BCUT2D eigenvalue weighted by Gasteiger charge is -2.41. The molecular formula is C21H37N5OS. The van der Waals surface area contributed by atoms with Gasteiger partial charge in [-0.05, 0) is 71.4 Å². The van der Waals surface area contributed by atoms with Gasteiger partial charge in [-0.15, -0.1) is 11.8 Å². The number of hydrogen-bond acceptors (Lipinski definition) is 6. The maximum atomic E-state index is 13.0. The molecule has 0 radical (unpaired) electrons. The van der Waals surface area contributed by atoms with Crippen LogP contribution in [0.1, 0.15) is 59.3 Å². The minimum absolute atomic E-state index is 0.0993. The second-order valence-corrected chi connectivity index (χ2v) is 10.1. The van der Waals surface area contributed by atoms with Crippen molar-refractivity contribution in [2.75, 3.05) is 31.3 Å². The van der Waals surface area contributed by atoms with E-state index in [1.165, 1.54) is 12.8 Å². The molecule has 0 aromatic heterocycles. The number of nitriles is 1. The molecule has 0 aromatic carbocycles. The highest BCUT2D eigenvalue weighted by Crippen LogP contribution is 2.28. The third-order valence-electron chi connectivity index (χ3n) is 6.69. The molecule has 1 N–H and O–H groups in total. The molecule has 1 atom stereocenters. The number of amides is 1. The molecule has 3 aliphatic rings. The summed E-state index contributed by atoms with van der Waals surface area (Å²) in [4.78, 5) is 17.3. The molecule has 3 rings (SSSR count). The van der Waals surface area contributed by atoms with Crippen LogP contribution >= 0.6 is 11.8 Å². The van der Waals surface area contributed by atoms with Crippen LogP contribution in [0.3, 0.4) is 0 Å². The van der Waals surface area contributed by atoms with E-state index in [0.717, 1.165) is 50.4 Å². The Kier molecular flexibility index (Phi) is 8.04. The molecule has 2 heterocycles. The summed E-state index contributed by atoms with van der Waals surface area (Å²) in [7, 11) is 0. The molecule has 2 saturated heterocycles. The first kappa shape index (κ1) is 21.9. The fourth-order valence-electron chi connectivity index (χ4n) is 4.65. The molecule has 6 nitrogen and oxygen atoms in total. The van der Waals surface area contributed by atoms with E-state index in [4.69, 9.17) is 0 Å². The van der Waals surface area contributed by atoms with E-state index < -0.39 is 0 Å². The van der Waals surface area contributed by atoms with Crippen molar-refractivity contribution in [3.63, 3.8) is 0 Å². The van der Waals surface area contributed by atoms with Crippen molar-refractivity contribution in [3.05, 3.63) is 0 Å². The minimum Gasteiger partial charge on any atom is -0.315 e. The van der Waals surface area contributed by atoms with E-state index in [-0.39, 0.29) is 11.9 Å². The molecule has 1 amide bonds. The maximum absolute atomic E-state index is 13.0. The minimum atomic E-state index is -0.264. The van der Waals surface area contributed by atoms with Gasteiger partial charge in [0, 0.05) is 23.9 Å². The van der Waals surface area contributed by atoms with Crippen molar-refractivity contribution >= 4 is 17.7 Å². The van der Waals surface area contributed by atoms with Crippen LogP contribution in [-0.2, 0) is 4.79 Å². The van der Waals surface area contributed by atoms with E-state index in [0.29, 0.717) is 30.5 Å². The predicted molar refractivity (Wildman–Crippen MR) is 115 cm³/mol. The second kappa shape index (κ2) is 10.3. The van der Waals surface area contributed by atoms with Gasteiger partial charge in [-0.3, -0.25) is 10.2 Å². The van der Waals surface area contributed by atoms with Gasteiger partial charge in [-0.1, -0.05) is 6.92 Å². The summed E-state index contributed by atoms with van der Waals surface area (Å²) < 4.78 is 0. The molecule has 2 aliphatic heterocycles. The maximum Gasteiger partial charge on any atom is 0.240 e. The van der Waals surface area contributed by atoms with Crippen molar-refractivity contribution in [1.82, 2.24) is 20.2 Å². The van der Waals surface area contributed by atoms with Gasteiger partial charge in [0.05, 0.1) is 18.5 Å². The van der Waals surface area contributed by atoms with Crippen molar-refractivity contribution in [2.45, 2.75) is 83.5 Å². The Balaban J connectivity index is 1.60. The van der Waals surface area contributed by atoms with Crippen LogP contribution in [0.4, 0.5) is 0 Å². The molecule has 3 fully saturated rings. The summed E-state index contributed by atoms with van der Waals surface area (Å²) in [6.45, 7) is 9.50. The molecule has 158 valence electrons. The van der Waals surface area contributed by atoms with Gasteiger partial charge >= 0.3 is 0 Å². The first-order valence-corrected chi connectivity index (χ1v) is 12.2. The zero-order chi connectivity index (χ0) is 20.1. The molecule has 28 heavy (non-hydrogen) atoms. The Morgan fingerprint density at radius 2 is 1.89 bits per heavy atom. The van der Waals surface area contributed by atoms with Gasteiger partial charge in [-0.2, -0.15) is 5.26 Å². The average molecular weight is 408 g/mol. The number of thioether (sulfide) groups is 1. The summed E-state index contributed by atoms with van der Waals surface area (Å²) in [6.07, 6.45) is 7.05. The highest BCUT2D eigenvalue weighted by Gasteiger charge is 2.33. The van der Waals surface area contributed by atoms with E-state index in [1.807, 2.05) is 0 Å². The molecule has 1 unspecified atom stereocenters. The van der Waals surface area contributed by atoms with Crippen LogP contribution in [0, 0.1) is 17.2 Å². The smallest absolute Gasteiger partial charge is 0.240 e. The topological polar surface area (TPSA) is 62.6 Å². The summed E-state index contributed by atoms with van der Waals surface area (Å²) in [5.41, 5.74) is 3.76. The number of piperidine rings is 1. The van der Waals surface area contributed by atoms with Gasteiger partial charge in [0.15, 0.2) is 0 Å². The lowest BCUT2D eigenvalue weighted by molar-refractivity contribution is -0.134. The van der Waals surface area contributed by atoms with Crippen LogP contribution in [0.15, 0.2) is 0 Å². The number of hydrazine groups is 1. The third kappa shape index (κ3) is 5.63. The number of nitrogens with one attached hydrogen (secondary N) is 1. The largest absolute Gasteiger partial charge is 0.315 e. The predicted octanol–water partition coefficient (Wildman–Crippen LogP) is 2.67. The number of likely N-dealkylation sites (tertiary alicyclic amines) is 1. The zero-order valence-corrected chi connectivity index (χ0v) is 18.6. The van der Waals surface area contributed by atoms with Gasteiger partial charge < -0.3 is 9.80 Å². The van der Waals surface area contributed by atoms with E-state index in [1.54, 1.807) is 16.7 Å². The standard InChI is InChI=1S/C21H37N5OS/c1-16(2)24-10-8-18(9-11-24)23-26(19-6-4-17(3)5-7-19)13-21(27)25-15-28-14-20(25)12-22/h16-20,23H,4-11,13-15H2,1-3H3. The van der Waals surface area contributed by atoms with Crippen LogP contribution in [0.2, 0.25) is 0 Å². The Morgan fingerprint density at radius 3 is 2.50 bits per heavy atom. The van der Waals surface area contributed by atoms with Crippen molar-refractivity contribution in [3.8, 4) is 6.07 Å². The van der Waals surface area contributed by atoms with Gasteiger partial charge in [0.2, 0.25) is 5.91 Å². The number of carbonyl (C=O) groups is 1. The highest BCUT2D eigenvalue weighted by atomic mass is 32.2. The summed E-state index contributed by atoms with van der Waals surface area (Å²) in [6, 6.07) is 3.51. The van der Waals surface area contributed by atoms with Crippen molar-refractivity contribution < 1.29 is 4.79 Å². The van der Waals surface area contributed by atoms with Crippen molar-refractivity contribution in [2.24, 2.45) is 5.92 Å². The van der Waals surface area contributed by atoms with Crippen LogP contribution < -0.4 is 5.43 Å². The SMILES string of the molecule is CC1CCC(N(CC(=O)N2CSCC2C#N)NC2CCN(C(C)C)CC2)CC1. The van der Waals surface area contributed by atoms with E-state index in [2.05, 4.69) is 42.2 Å². The average Bonchev–Trinajstić information content (AvgIpc) is 3.17. The highest BCUT2D eigenvalue weighted by molar-refractivity contribution is 7.99. The van der Waals surface area contributed by atoms with E-state index in [9.17, 15) is 10.1 Å². The number of hydrogen-bond donors (Lipinski definition) is 1. The van der Waals surface area contributed by atoms with Gasteiger partial charge in [0.25, 0.3) is 0 Å². The van der Waals surface area contributed by atoms with Gasteiger partial charge in [-0.25, -0.2) is 5.01 Å². The number of carbonyl (C=O) groups excluding carboxylic acids is 1. The fraction of sp³-hybridized carbons (Fsp3) is 0.905. The Bertz CT molecular complexity index is 549. The lowest BCUT2D eigenvalue weighted by atomic mass is 9.87. The zero-order valence-electron chi connectivity index (χ0n) is 17.8. The molecule has 7 heteroatoms. The normalized spacial score (nSPS) is 30.1. The van der Waals surface area contributed by atoms with Crippen LogP contribution in [0.5, 0.6) is 0 Å².